The minimum absolute atomic E-state index is 0.155. The van der Waals surface area contributed by atoms with E-state index in [9.17, 15) is 4.39 Å². The van der Waals surface area contributed by atoms with E-state index in [-0.39, 0.29) is 11.2 Å². The molecule has 0 saturated carbocycles. The van der Waals surface area contributed by atoms with Gasteiger partial charge in [0, 0.05) is 12.2 Å². The van der Waals surface area contributed by atoms with Crippen LogP contribution in [0.5, 0.6) is 0 Å². The Morgan fingerprint density at radius 1 is 1.38 bits per heavy atom. The zero-order valence-corrected chi connectivity index (χ0v) is 10.3. The van der Waals surface area contributed by atoms with Crippen molar-refractivity contribution in [3.05, 3.63) is 29.6 Å². The van der Waals surface area contributed by atoms with Gasteiger partial charge in [-0.25, -0.2) is 4.39 Å². The smallest absolute Gasteiger partial charge is 0.126 e. The van der Waals surface area contributed by atoms with Crippen LogP contribution in [-0.2, 0) is 0 Å². The van der Waals surface area contributed by atoms with E-state index >= 15 is 0 Å². The minimum Gasteiger partial charge on any atom is -0.385 e. The van der Waals surface area contributed by atoms with Crippen LogP contribution < -0.4 is 11.1 Å². The maximum Gasteiger partial charge on any atom is 0.126 e. The van der Waals surface area contributed by atoms with E-state index in [1.807, 2.05) is 6.07 Å². The van der Waals surface area contributed by atoms with Gasteiger partial charge in [0.1, 0.15) is 5.82 Å². The van der Waals surface area contributed by atoms with Crippen molar-refractivity contribution in [2.24, 2.45) is 11.1 Å². The highest BCUT2D eigenvalue weighted by Crippen LogP contribution is 2.19. The maximum absolute atomic E-state index is 13.0. The Hall–Kier alpha value is -1.09. The summed E-state index contributed by atoms with van der Waals surface area (Å²) in [5.74, 6) is -0.159. The molecule has 0 amide bonds. The van der Waals surface area contributed by atoms with E-state index in [1.54, 1.807) is 13.0 Å². The molecule has 0 aromatic heterocycles. The van der Waals surface area contributed by atoms with Crippen LogP contribution in [0.25, 0.3) is 0 Å². The van der Waals surface area contributed by atoms with E-state index in [0.717, 1.165) is 18.7 Å². The zero-order chi connectivity index (χ0) is 12.2. The van der Waals surface area contributed by atoms with Crippen LogP contribution in [0, 0.1) is 18.2 Å². The van der Waals surface area contributed by atoms with Crippen LogP contribution in [0.3, 0.4) is 0 Å². The van der Waals surface area contributed by atoms with Crippen molar-refractivity contribution in [1.29, 1.82) is 0 Å². The van der Waals surface area contributed by atoms with Crippen molar-refractivity contribution in [2.75, 3.05) is 18.4 Å². The minimum atomic E-state index is -0.159. The molecule has 0 spiro atoms. The van der Waals surface area contributed by atoms with Crippen molar-refractivity contribution in [3.8, 4) is 0 Å². The van der Waals surface area contributed by atoms with Crippen LogP contribution in [0.4, 0.5) is 10.1 Å². The molecule has 0 aliphatic rings. The number of rotatable bonds is 5. The third-order valence-electron chi connectivity index (χ3n) is 2.84. The second-order valence-electron chi connectivity index (χ2n) is 5.01. The van der Waals surface area contributed by atoms with Gasteiger partial charge in [-0.2, -0.15) is 0 Å². The van der Waals surface area contributed by atoms with Crippen molar-refractivity contribution >= 4 is 5.69 Å². The summed E-state index contributed by atoms with van der Waals surface area (Å²) in [5, 5.41) is 3.28. The molecular formula is C13H21FN2. The number of hydrogen-bond donors (Lipinski definition) is 2. The number of hydrogen-bond acceptors (Lipinski definition) is 2. The molecule has 0 radical (unpaired) electrons. The lowest BCUT2D eigenvalue weighted by atomic mass is 9.90. The van der Waals surface area contributed by atoms with Gasteiger partial charge in [0.2, 0.25) is 0 Å². The SMILES string of the molecule is Cc1cc(NCCC(C)(C)CN)ccc1F. The van der Waals surface area contributed by atoms with Crippen LogP contribution in [0.1, 0.15) is 25.8 Å². The van der Waals surface area contributed by atoms with Crippen molar-refractivity contribution in [3.63, 3.8) is 0 Å². The van der Waals surface area contributed by atoms with Crippen LogP contribution in [0.15, 0.2) is 18.2 Å². The Morgan fingerprint density at radius 3 is 2.62 bits per heavy atom. The van der Waals surface area contributed by atoms with Gasteiger partial charge < -0.3 is 11.1 Å². The molecule has 1 aromatic rings. The van der Waals surface area contributed by atoms with E-state index in [2.05, 4.69) is 19.2 Å². The summed E-state index contributed by atoms with van der Waals surface area (Å²) in [4.78, 5) is 0. The largest absolute Gasteiger partial charge is 0.385 e. The van der Waals surface area contributed by atoms with Crippen molar-refractivity contribution in [2.45, 2.75) is 27.2 Å². The summed E-state index contributed by atoms with van der Waals surface area (Å²) in [6.45, 7) is 7.59. The van der Waals surface area contributed by atoms with Gasteiger partial charge in [0.05, 0.1) is 0 Å². The predicted octanol–water partition coefficient (Wildman–Crippen LogP) is 2.92. The zero-order valence-electron chi connectivity index (χ0n) is 10.3. The third-order valence-corrected chi connectivity index (χ3v) is 2.84. The fourth-order valence-corrected chi connectivity index (χ4v) is 1.40. The summed E-state index contributed by atoms with van der Waals surface area (Å²) in [7, 11) is 0. The summed E-state index contributed by atoms with van der Waals surface area (Å²) in [6.07, 6.45) is 1.000. The topological polar surface area (TPSA) is 38.0 Å². The van der Waals surface area contributed by atoms with Gasteiger partial charge in [-0.15, -0.1) is 0 Å². The lowest BCUT2D eigenvalue weighted by Gasteiger charge is -2.22. The molecule has 0 aliphatic heterocycles. The quantitative estimate of drug-likeness (QED) is 0.807. The molecule has 0 bridgehead atoms. The normalized spacial score (nSPS) is 11.6. The summed E-state index contributed by atoms with van der Waals surface area (Å²) in [6, 6.07) is 5.08. The summed E-state index contributed by atoms with van der Waals surface area (Å²) >= 11 is 0. The van der Waals surface area contributed by atoms with Gasteiger partial charge in [-0.3, -0.25) is 0 Å². The molecule has 0 aliphatic carbocycles. The lowest BCUT2D eigenvalue weighted by molar-refractivity contribution is 0.358. The maximum atomic E-state index is 13.0. The fourth-order valence-electron chi connectivity index (χ4n) is 1.40. The molecule has 3 heteroatoms. The fraction of sp³-hybridized carbons (Fsp3) is 0.538. The van der Waals surface area contributed by atoms with Gasteiger partial charge in [0.25, 0.3) is 0 Å². The molecule has 0 heterocycles. The van der Waals surface area contributed by atoms with Crippen molar-refractivity contribution < 1.29 is 4.39 Å². The van der Waals surface area contributed by atoms with Gasteiger partial charge in [-0.05, 0) is 49.1 Å². The Bertz CT molecular complexity index is 348. The Labute approximate surface area is 97.0 Å². The number of aryl methyl sites for hydroxylation is 1. The molecule has 1 aromatic carbocycles. The van der Waals surface area contributed by atoms with Gasteiger partial charge in [0.15, 0.2) is 0 Å². The Balaban J connectivity index is 2.46. The number of benzene rings is 1. The number of halogens is 1. The van der Waals surface area contributed by atoms with Crippen LogP contribution >= 0.6 is 0 Å². The number of nitrogens with two attached hydrogens (primary N) is 1. The average molecular weight is 224 g/mol. The molecule has 16 heavy (non-hydrogen) atoms. The third kappa shape index (κ3) is 3.81. The monoisotopic (exact) mass is 224 g/mol. The number of nitrogens with one attached hydrogen (secondary N) is 1. The molecule has 0 fully saturated rings. The highest BCUT2D eigenvalue weighted by atomic mass is 19.1. The second-order valence-corrected chi connectivity index (χ2v) is 5.01. The second kappa shape index (κ2) is 5.30. The van der Waals surface area contributed by atoms with E-state index in [0.29, 0.717) is 12.1 Å². The van der Waals surface area contributed by atoms with Crippen molar-refractivity contribution in [1.82, 2.24) is 0 Å². The first-order valence-electron chi connectivity index (χ1n) is 5.65. The number of anilines is 1. The molecule has 0 atom stereocenters. The molecule has 0 saturated heterocycles. The highest BCUT2D eigenvalue weighted by molar-refractivity contribution is 5.45. The molecule has 0 unspecified atom stereocenters. The Kier molecular flexibility index (Phi) is 4.30. The molecule has 90 valence electrons. The van der Waals surface area contributed by atoms with Gasteiger partial charge >= 0.3 is 0 Å². The standard InChI is InChI=1S/C13H21FN2/c1-10-8-11(4-5-12(10)14)16-7-6-13(2,3)9-15/h4-5,8,16H,6-7,9,15H2,1-3H3. The first-order chi connectivity index (χ1) is 7.44. The lowest BCUT2D eigenvalue weighted by Crippen LogP contribution is -2.26. The first kappa shape index (κ1) is 13.0. The molecule has 2 nitrogen and oxygen atoms in total. The molecular weight excluding hydrogens is 203 g/mol. The van der Waals surface area contributed by atoms with Crippen LogP contribution in [-0.4, -0.2) is 13.1 Å². The predicted molar refractivity (Wildman–Crippen MR) is 67.1 cm³/mol. The molecule has 3 N–H and O–H groups in total. The first-order valence-corrected chi connectivity index (χ1v) is 5.65. The van der Waals surface area contributed by atoms with Gasteiger partial charge in [-0.1, -0.05) is 13.8 Å². The van der Waals surface area contributed by atoms with E-state index < -0.39 is 0 Å². The molecule has 1 rings (SSSR count). The van der Waals surface area contributed by atoms with E-state index in [4.69, 9.17) is 5.73 Å². The van der Waals surface area contributed by atoms with E-state index in [1.165, 1.54) is 6.07 Å². The average Bonchev–Trinajstić information content (AvgIpc) is 2.23. The highest BCUT2D eigenvalue weighted by Gasteiger charge is 2.14. The Morgan fingerprint density at radius 2 is 2.06 bits per heavy atom. The van der Waals surface area contributed by atoms with Crippen LogP contribution in [0.2, 0.25) is 0 Å². The summed E-state index contributed by atoms with van der Waals surface area (Å²) in [5.41, 5.74) is 7.44. The summed E-state index contributed by atoms with van der Waals surface area (Å²) < 4.78 is 13.0.